The second-order valence-electron chi connectivity index (χ2n) is 5.73. The smallest absolute Gasteiger partial charge is 0.245 e. The van der Waals surface area contributed by atoms with E-state index in [0.717, 1.165) is 10.2 Å². The Morgan fingerprint density at radius 2 is 1.90 bits per heavy atom. The number of halogens is 3. The van der Waals surface area contributed by atoms with Gasteiger partial charge >= 0.3 is 0 Å². The first kappa shape index (κ1) is 19.6. The minimum Gasteiger partial charge on any atom is -0.506 e. The molecule has 0 amide bonds. The van der Waals surface area contributed by atoms with Crippen molar-refractivity contribution in [3.63, 3.8) is 0 Å². The first-order valence-corrected chi connectivity index (χ1v) is 9.92. The summed E-state index contributed by atoms with van der Waals surface area (Å²) in [7, 11) is 0. The second-order valence-corrected chi connectivity index (χ2v) is 7.94. The van der Waals surface area contributed by atoms with E-state index < -0.39 is 0 Å². The van der Waals surface area contributed by atoms with Crippen LogP contribution in [0.2, 0.25) is 5.02 Å². The van der Waals surface area contributed by atoms with Gasteiger partial charge in [0.15, 0.2) is 5.82 Å². The second kappa shape index (κ2) is 7.93. The molecule has 29 heavy (non-hydrogen) atoms. The van der Waals surface area contributed by atoms with Gasteiger partial charge in [-0.2, -0.15) is 5.10 Å². The number of phenols is 1. The van der Waals surface area contributed by atoms with Crippen LogP contribution in [0.4, 0.5) is 11.5 Å². The van der Waals surface area contributed by atoms with E-state index in [9.17, 15) is 5.11 Å². The molecule has 0 spiro atoms. The normalized spacial score (nSPS) is 11.8. The van der Waals surface area contributed by atoms with Gasteiger partial charge < -0.3 is 16.3 Å². The third kappa shape index (κ3) is 3.88. The fourth-order valence-electron chi connectivity index (χ4n) is 2.60. The maximum atomic E-state index is 10.5. The van der Waals surface area contributed by atoms with Crippen molar-refractivity contribution >= 4 is 72.0 Å². The molecule has 12 heteroatoms. The number of anilines is 2. The zero-order valence-electron chi connectivity index (χ0n) is 14.3. The highest BCUT2D eigenvalue weighted by Crippen LogP contribution is 2.34. The van der Waals surface area contributed by atoms with Crippen LogP contribution in [0.15, 0.2) is 55.1 Å². The number of hydrazone groups is 1. The van der Waals surface area contributed by atoms with Crippen LogP contribution in [0.25, 0.3) is 11.3 Å². The van der Waals surface area contributed by atoms with E-state index >= 15 is 0 Å². The Labute approximate surface area is 185 Å². The summed E-state index contributed by atoms with van der Waals surface area (Å²) in [5.41, 5.74) is 1.69. The molecule has 0 aliphatic carbocycles. The van der Waals surface area contributed by atoms with Gasteiger partial charge in [0.05, 0.1) is 4.47 Å². The fourth-order valence-corrected chi connectivity index (χ4v) is 3.81. The number of aromatic nitrogens is 4. The van der Waals surface area contributed by atoms with E-state index in [1.165, 1.54) is 6.07 Å². The van der Waals surface area contributed by atoms with Crippen LogP contribution in [0.1, 0.15) is 11.3 Å². The van der Waals surface area contributed by atoms with Crippen molar-refractivity contribution in [1.82, 2.24) is 20.3 Å². The van der Waals surface area contributed by atoms with E-state index in [2.05, 4.69) is 62.6 Å². The largest absolute Gasteiger partial charge is 0.506 e. The minimum absolute atomic E-state index is 0.104. The lowest BCUT2D eigenvalue weighted by Crippen LogP contribution is -2.14. The number of nitrogens with two attached hydrogens (primary N) is 1. The fraction of sp³-hybridized carbons (Fsp3) is 0. The number of phenolic OH excluding ortho intramolecular Hbond substituents is 1. The molecule has 0 fully saturated rings. The molecule has 0 saturated carbocycles. The summed E-state index contributed by atoms with van der Waals surface area (Å²) in [6.45, 7) is 0. The number of fused-ring (bicyclic) bond motifs is 1. The molecule has 146 valence electrons. The first-order valence-electron chi connectivity index (χ1n) is 7.96. The zero-order valence-corrected chi connectivity index (χ0v) is 18.2. The molecule has 0 aliphatic rings. The van der Waals surface area contributed by atoms with Crippen LogP contribution in [0.5, 0.6) is 5.75 Å². The molecule has 0 bridgehead atoms. The van der Waals surface area contributed by atoms with Crippen molar-refractivity contribution in [1.29, 1.82) is 0 Å². The predicted octanol–water partition coefficient (Wildman–Crippen LogP) is 4.35. The van der Waals surface area contributed by atoms with E-state index in [1.807, 2.05) is 24.3 Å². The summed E-state index contributed by atoms with van der Waals surface area (Å²) in [4.78, 5) is 8.83. The number of benzene rings is 2. The van der Waals surface area contributed by atoms with Gasteiger partial charge in [-0.15, -0.1) is 0 Å². The summed E-state index contributed by atoms with van der Waals surface area (Å²) < 4.78 is 5.96. The molecule has 0 aliphatic heterocycles. The Morgan fingerprint density at radius 1 is 1.14 bits per heavy atom. The van der Waals surface area contributed by atoms with Crippen molar-refractivity contribution in [3.8, 4) is 5.75 Å². The van der Waals surface area contributed by atoms with Gasteiger partial charge in [0.2, 0.25) is 11.3 Å². The Kier molecular flexibility index (Phi) is 5.35. The standard InChI is InChI=1S/C17H10Br2ClN7O2/c18-7-2-1-3-9(4-7)22-15-13(23-16-17(24-15)27-29-26-16)12(25-21)10-5-8(20)6-11(19)14(10)28/h1-6,28H,21H2,(H,22,24,27). The predicted molar refractivity (Wildman–Crippen MR) is 115 cm³/mol. The van der Waals surface area contributed by atoms with Gasteiger partial charge in [-0.1, -0.05) is 33.6 Å². The van der Waals surface area contributed by atoms with Gasteiger partial charge in [0.1, 0.15) is 17.2 Å². The van der Waals surface area contributed by atoms with Crippen LogP contribution in [0, 0.1) is 0 Å². The van der Waals surface area contributed by atoms with Crippen LogP contribution >= 0.6 is 43.5 Å². The molecule has 0 atom stereocenters. The lowest BCUT2D eigenvalue weighted by Gasteiger charge is -2.13. The van der Waals surface area contributed by atoms with E-state index in [0.29, 0.717) is 9.50 Å². The van der Waals surface area contributed by atoms with E-state index in [-0.39, 0.29) is 39.8 Å². The maximum Gasteiger partial charge on any atom is 0.245 e. The quantitative estimate of drug-likeness (QED) is 0.198. The lowest BCUT2D eigenvalue weighted by molar-refractivity contribution is 0.314. The molecule has 2 aromatic heterocycles. The van der Waals surface area contributed by atoms with Crippen LogP contribution in [-0.2, 0) is 0 Å². The number of hydrogen-bond acceptors (Lipinski definition) is 9. The molecule has 4 rings (SSSR count). The molecular weight excluding hydrogens is 529 g/mol. The molecule has 0 unspecified atom stereocenters. The topological polar surface area (TPSA) is 135 Å². The Balaban J connectivity index is 1.91. The number of aromatic hydroxyl groups is 1. The van der Waals surface area contributed by atoms with Crippen molar-refractivity contribution in [2.24, 2.45) is 10.9 Å². The van der Waals surface area contributed by atoms with E-state index in [4.69, 9.17) is 22.1 Å². The zero-order chi connectivity index (χ0) is 20.5. The summed E-state index contributed by atoms with van der Waals surface area (Å²) in [5, 5.41) is 25.3. The highest BCUT2D eigenvalue weighted by atomic mass is 79.9. The third-order valence-electron chi connectivity index (χ3n) is 3.84. The minimum atomic E-state index is -0.104. The Bertz CT molecular complexity index is 1260. The van der Waals surface area contributed by atoms with Crippen LogP contribution < -0.4 is 11.2 Å². The monoisotopic (exact) mass is 537 g/mol. The highest BCUT2D eigenvalue weighted by Gasteiger charge is 2.23. The summed E-state index contributed by atoms with van der Waals surface area (Å²) in [6, 6.07) is 10.5. The van der Waals surface area contributed by atoms with Crippen molar-refractivity contribution in [2.45, 2.75) is 0 Å². The average Bonchev–Trinajstić information content (AvgIpc) is 3.13. The van der Waals surface area contributed by atoms with Crippen LogP contribution in [0.3, 0.4) is 0 Å². The molecule has 2 aromatic carbocycles. The number of hydrogen-bond donors (Lipinski definition) is 3. The molecule has 2 heterocycles. The molecule has 9 nitrogen and oxygen atoms in total. The van der Waals surface area contributed by atoms with Crippen molar-refractivity contribution in [2.75, 3.05) is 5.32 Å². The summed E-state index contributed by atoms with van der Waals surface area (Å²) in [5.74, 6) is 5.85. The average molecular weight is 540 g/mol. The molecule has 0 saturated heterocycles. The molecular formula is C17H10Br2ClN7O2. The SMILES string of the molecule is NN=C(c1cc(Cl)cc(Br)c1O)c1nc2nonc2nc1Nc1cccc(Br)c1. The maximum absolute atomic E-state index is 10.5. The lowest BCUT2D eigenvalue weighted by atomic mass is 10.1. The number of nitrogens with one attached hydrogen (secondary N) is 1. The molecule has 0 radical (unpaired) electrons. The van der Waals surface area contributed by atoms with Crippen LogP contribution in [-0.4, -0.2) is 31.1 Å². The van der Waals surface area contributed by atoms with Crippen molar-refractivity contribution < 1.29 is 9.74 Å². The number of rotatable bonds is 4. The molecule has 4 N–H and O–H groups in total. The van der Waals surface area contributed by atoms with Gasteiger partial charge in [0.25, 0.3) is 0 Å². The van der Waals surface area contributed by atoms with Gasteiger partial charge in [-0.25, -0.2) is 14.6 Å². The summed E-state index contributed by atoms with van der Waals surface area (Å²) in [6.07, 6.45) is 0. The van der Waals surface area contributed by atoms with Gasteiger partial charge in [-0.3, -0.25) is 0 Å². The Hall–Kier alpha value is -2.76. The molecule has 4 aromatic rings. The first-order chi connectivity index (χ1) is 14.0. The van der Waals surface area contributed by atoms with E-state index in [1.54, 1.807) is 6.07 Å². The van der Waals surface area contributed by atoms with Gasteiger partial charge in [0, 0.05) is 20.7 Å². The van der Waals surface area contributed by atoms with Crippen molar-refractivity contribution in [3.05, 3.63) is 61.6 Å². The summed E-state index contributed by atoms with van der Waals surface area (Å²) >= 11 is 12.8. The highest BCUT2D eigenvalue weighted by molar-refractivity contribution is 9.10. The van der Waals surface area contributed by atoms with Gasteiger partial charge in [-0.05, 0) is 56.6 Å². The third-order valence-corrected chi connectivity index (χ3v) is 5.15. The Morgan fingerprint density at radius 3 is 2.62 bits per heavy atom. The number of nitrogens with zero attached hydrogens (tertiary/aromatic N) is 5.